The molecule has 0 aliphatic rings. The summed E-state index contributed by atoms with van der Waals surface area (Å²) in [6.07, 6.45) is 1.26. The van der Waals surface area contributed by atoms with Crippen LogP contribution in [0.1, 0.15) is 28.0 Å². The molecule has 210 valence electrons. The maximum Gasteiger partial charge on any atom is 0.322 e. The first-order chi connectivity index (χ1) is 18.9. The van der Waals surface area contributed by atoms with Gasteiger partial charge < -0.3 is 29.3 Å². The van der Waals surface area contributed by atoms with Crippen molar-refractivity contribution in [2.75, 3.05) is 52.9 Å². The molecule has 1 heterocycles. The van der Waals surface area contributed by atoms with Gasteiger partial charge in [-0.1, -0.05) is 30.3 Å². The number of hydrogen-bond donors (Lipinski definition) is 1. The fourth-order valence-corrected chi connectivity index (χ4v) is 5.02. The Balaban J connectivity index is 1.76. The van der Waals surface area contributed by atoms with Crippen molar-refractivity contribution in [3.63, 3.8) is 0 Å². The maximum absolute atomic E-state index is 13.7. The third-order valence-electron chi connectivity index (χ3n) is 6.50. The number of nitrogens with one attached hydrogen (secondary N) is 1. The van der Waals surface area contributed by atoms with Crippen molar-refractivity contribution in [1.82, 2.24) is 9.80 Å². The van der Waals surface area contributed by atoms with E-state index in [1.54, 1.807) is 37.6 Å². The van der Waals surface area contributed by atoms with Crippen LogP contribution in [0.2, 0.25) is 0 Å². The molecule has 3 rings (SSSR count). The van der Waals surface area contributed by atoms with Crippen LogP contribution >= 0.6 is 11.3 Å². The normalized spacial score (nSPS) is 10.7. The molecule has 39 heavy (non-hydrogen) atoms. The lowest BCUT2D eigenvalue weighted by Crippen LogP contribution is -2.45. The monoisotopic (exact) mass is 553 g/mol. The summed E-state index contributed by atoms with van der Waals surface area (Å²) in [5.41, 5.74) is 3.75. The lowest BCUT2D eigenvalue weighted by molar-refractivity contribution is -0.132. The van der Waals surface area contributed by atoms with E-state index in [4.69, 9.17) is 14.2 Å². The molecular formula is C30H39N3O5S. The van der Waals surface area contributed by atoms with Gasteiger partial charge in [0.05, 0.1) is 20.8 Å². The molecule has 8 nitrogen and oxygen atoms in total. The average Bonchev–Trinajstić information content (AvgIpc) is 3.45. The van der Waals surface area contributed by atoms with Gasteiger partial charge in [-0.15, -0.1) is 11.3 Å². The quantitative estimate of drug-likeness (QED) is 0.266. The Hall–Kier alpha value is -3.56. The number of hydrogen-bond acceptors (Lipinski definition) is 6. The van der Waals surface area contributed by atoms with Crippen LogP contribution < -0.4 is 14.8 Å². The summed E-state index contributed by atoms with van der Waals surface area (Å²) < 4.78 is 16.0. The van der Waals surface area contributed by atoms with E-state index in [-0.39, 0.29) is 18.5 Å². The first-order valence-electron chi connectivity index (χ1n) is 13.0. The highest BCUT2D eigenvalue weighted by atomic mass is 32.1. The second-order valence-electron chi connectivity index (χ2n) is 9.30. The highest BCUT2D eigenvalue weighted by molar-refractivity contribution is 7.09. The minimum absolute atomic E-state index is 0.0300. The van der Waals surface area contributed by atoms with Gasteiger partial charge in [0.15, 0.2) is 11.5 Å². The molecule has 1 N–H and O–H groups in total. The molecule has 0 saturated heterocycles. The van der Waals surface area contributed by atoms with E-state index in [9.17, 15) is 9.59 Å². The Kier molecular flexibility index (Phi) is 11.6. The molecule has 1 aromatic heterocycles. The van der Waals surface area contributed by atoms with Gasteiger partial charge in [-0.05, 0) is 67.0 Å². The van der Waals surface area contributed by atoms with Crippen molar-refractivity contribution in [3.05, 3.63) is 75.5 Å². The van der Waals surface area contributed by atoms with Gasteiger partial charge in [-0.3, -0.25) is 4.79 Å². The van der Waals surface area contributed by atoms with E-state index < -0.39 is 0 Å². The first-order valence-corrected chi connectivity index (χ1v) is 13.9. The standard InChI is InChI=1S/C30H39N3O5S/c1-22-9-6-10-23(2)29(22)31-30(35)33(15-8-17-36-3)21-28(34)32(20-25-11-7-18-39-25)16-14-24-12-13-26(37-4)27(19-24)38-5/h6-7,9-13,18-19H,8,14-17,20-21H2,1-5H3,(H,31,35). The van der Waals surface area contributed by atoms with Crippen LogP contribution in [0.15, 0.2) is 53.9 Å². The topological polar surface area (TPSA) is 80.3 Å². The second-order valence-corrected chi connectivity index (χ2v) is 10.3. The maximum atomic E-state index is 13.7. The summed E-state index contributed by atoms with van der Waals surface area (Å²) in [4.78, 5) is 31.5. The van der Waals surface area contributed by atoms with Crippen LogP contribution in [0.3, 0.4) is 0 Å². The van der Waals surface area contributed by atoms with Gasteiger partial charge in [0.25, 0.3) is 0 Å². The smallest absolute Gasteiger partial charge is 0.322 e. The van der Waals surface area contributed by atoms with E-state index in [1.807, 2.05) is 72.7 Å². The van der Waals surface area contributed by atoms with Crippen molar-refractivity contribution in [2.24, 2.45) is 0 Å². The summed E-state index contributed by atoms with van der Waals surface area (Å²) >= 11 is 1.61. The van der Waals surface area contributed by atoms with E-state index >= 15 is 0 Å². The first kappa shape index (κ1) is 30.0. The number of nitrogens with zero attached hydrogens (tertiary/aromatic N) is 2. The highest BCUT2D eigenvalue weighted by Gasteiger charge is 2.23. The van der Waals surface area contributed by atoms with Crippen molar-refractivity contribution < 1.29 is 23.8 Å². The fraction of sp³-hybridized carbons (Fsp3) is 0.400. The molecule has 0 aliphatic carbocycles. The molecule has 3 aromatic rings. The fourth-order valence-electron chi connectivity index (χ4n) is 4.30. The Morgan fingerprint density at radius 2 is 1.64 bits per heavy atom. The van der Waals surface area contributed by atoms with Crippen molar-refractivity contribution >= 4 is 29.0 Å². The second kappa shape index (κ2) is 15.1. The minimum atomic E-state index is -0.298. The predicted molar refractivity (Wildman–Crippen MR) is 156 cm³/mol. The molecule has 0 spiro atoms. The van der Waals surface area contributed by atoms with Gasteiger partial charge in [-0.25, -0.2) is 4.79 Å². The third-order valence-corrected chi connectivity index (χ3v) is 7.36. The van der Waals surface area contributed by atoms with Gasteiger partial charge in [0.1, 0.15) is 6.54 Å². The van der Waals surface area contributed by atoms with Crippen LogP contribution in [0, 0.1) is 13.8 Å². The Bertz CT molecular complexity index is 1200. The summed E-state index contributed by atoms with van der Waals surface area (Å²) in [5.74, 6) is 1.20. The molecule has 0 atom stereocenters. The minimum Gasteiger partial charge on any atom is -0.493 e. The molecular weight excluding hydrogens is 514 g/mol. The predicted octanol–water partition coefficient (Wildman–Crippen LogP) is 5.52. The highest BCUT2D eigenvalue weighted by Crippen LogP contribution is 2.28. The number of carbonyl (C=O) groups excluding carboxylic acids is 2. The number of carbonyl (C=O) groups is 2. The largest absolute Gasteiger partial charge is 0.493 e. The van der Waals surface area contributed by atoms with Gasteiger partial charge >= 0.3 is 6.03 Å². The van der Waals surface area contributed by atoms with Gasteiger partial charge in [0, 0.05) is 37.4 Å². The third kappa shape index (κ3) is 8.73. The zero-order valence-electron chi connectivity index (χ0n) is 23.5. The molecule has 9 heteroatoms. The molecule has 0 aliphatic heterocycles. The number of anilines is 1. The van der Waals surface area contributed by atoms with Crippen LogP contribution in [0.4, 0.5) is 10.5 Å². The number of thiophene rings is 1. The number of para-hydroxylation sites is 1. The molecule has 0 bridgehead atoms. The van der Waals surface area contributed by atoms with Crippen LogP contribution in [-0.2, 0) is 22.5 Å². The molecule has 3 amide bonds. The van der Waals surface area contributed by atoms with Crippen LogP contribution in [-0.4, -0.2) is 69.3 Å². The zero-order chi connectivity index (χ0) is 28.2. The lowest BCUT2D eigenvalue weighted by Gasteiger charge is -2.28. The number of urea groups is 1. The van der Waals surface area contributed by atoms with Crippen molar-refractivity contribution in [3.8, 4) is 11.5 Å². The Labute approximate surface area is 235 Å². The summed E-state index contributed by atoms with van der Waals surface area (Å²) in [7, 11) is 4.84. The number of aryl methyl sites for hydroxylation is 2. The Morgan fingerprint density at radius 1 is 0.897 bits per heavy atom. The molecule has 0 fully saturated rings. The van der Waals surface area contributed by atoms with Crippen molar-refractivity contribution in [2.45, 2.75) is 33.2 Å². The zero-order valence-corrected chi connectivity index (χ0v) is 24.3. The summed E-state index contributed by atoms with van der Waals surface area (Å²) in [5, 5.41) is 5.03. The van der Waals surface area contributed by atoms with Gasteiger partial charge in [-0.2, -0.15) is 0 Å². The van der Waals surface area contributed by atoms with Crippen LogP contribution in [0.25, 0.3) is 0 Å². The molecule has 0 saturated carbocycles. The number of rotatable bonds is 14. The van der Waals surface area contributed by atoms with E-state index in [0.717, 1.165) is 27.3 Å². The number of methoxy groups -OCH3 is 3. The average molecular weight is 554 g/mol. The molecule has 0 radical (unpaired) electrons. The van der Waals surface area contributed by atoms with Crippen molar-refractivity contribution in [1.29, 1.82) is 0 Å². The van der Waals surface area contributed by atoms with E-state index in [1.165, 1.54) is 0 Å². The van der Waals surface area contributed by atoms with E-state index in [0.29, 0.717) is 50.6 Å². The number of ether oxygens (including phenoxy) is 3. The number of amides is 3. The Morgan fingerprint density at radius 3 is 2.28 bits per heavy atom. The molecule has 2 aromatic carbocycles. The van der Waals surface area contributed by atoms with Gasteiger partial charge in [0.2, 0.25) is 5.91 Å². The van der Waals surface area contributed by atoms with Crippen LogP contribution in [0.5, 0.6) is 11.5 Å². The SMILES string of the molecule is COCCCN(CC(=O)N(CCc1ccc(OC)c(OC)c1)Cc1cccs1)C(=O)Nc1c(C)cccc1C. The summed E-state index contributed by atoms with van der Waals surface area (Å²) in [6.45, 7) is 5.76. The number of benzene rings is 2. The van der Waals surface area contributed by atoms with E-state index in [2.05, 4.69) is 5.32 Å². The lowest BCUT2D eigenvalue weighted by atomic mass is 10.1. The molecule has 0 unspecified atom stereocenters. The summed E-state index contributed by atoms with van der Waals surface area (Å²) in [6, 6.07) is 15.4.